The van der Waals surface area contributed by atoms with Crippen LogP contribution in [0.5, 0.6) is 5.75 Å². The van der Waals surface area contributed by atoms with E-state index in [9.17, 15) is 4.79 Å². The van der Waals surface area contributed by atoms with Gasteiger partial charge < -0.3 is 9.64 Å². The van der Waals surface area contributed by atoms with Gasteiger partial charge in [-0.1, -0.05) is 17.7 Å². The Balaban J connectivity index is 2.08. The second-order valence-electron chi connectivity index (χ2n) is 5.23. The summed E-state index contributed by atoms with van der Waals surface area (Å²) in [6.07, 6.45) is -0.659. The highest BCUT2D eigenvalue weighted by molar-refractivity contribution is 6.31. The molecule has 2 aromatic rings. The van der Waals surface area contributed by atoms with E-state index < -0.39 is 6.10 Å². The zero-order chi connectivity index (χ0) is 17.0. The molecule has 0 N–H and O–H groups in total. The SMILES string of the molecule is Cc1ccc(N(C)C(=O)C(C)Oc2ccc(C#N)cc2)cc1Cl. The van der Waals surface area contributed by atoms with Gasteiger partial charge in [0.05, 0.1) is 11.6 Å². The number of anilines is 1. The van der Waals surface area contributed by atoms with Crippen molar-refractivity contribution in [3.05, 3.63) is 58.6 Å². The van der Waals surface area contributed by atoms with Crippen LogP contribution < -0.4 is 9.64 Å². The third kappa shape index (κ3) is 4.02. The van der Waals surface area contributed by atoms with Crippen molar-refractivity contribution in [3.8, 4) is 11.8 Å². The first kappa shape index (κ1) is 16.9. The minimum Gasteiger partial charge on any atom is -0.481 e. The van der Waals surface area contributed by atoms with E-state index >= 15 is 0 Å². The summed E-state index contributed by atoms with van der Waals surface area (Å²) < 4.78 is 5.64. The number of carbonyl (C=O) groups excluding carboxylic acids is 1. The monoisotopic (exact) mass is 328 g/mol. The number of hydrogen-bond acceptors (Lipinski definition) is 3. The van der Waals surface area contributed by atoms with Gasteiger partial charge in [0.2, 0.25) is 0 Å². The second-order valence-corrected chi connectivity index (χ2v) is 5.63. The lowest BCUT2D eigenvalue weighted by molar-refractivity contribution is -0.124. The molecule has 0 aliphatic carbocycles. The zero-order valence-electron chi connectivity index (χ0n) is 13.2. The quantitative estimate of drug-likeness (QED) is 0.854. The van der Waals surface area contributed by atoms with Crippen molar-refractivity contribution in [2.24, 2.45) is 0 Å². The summed E-state index contributed by atoms with van der Waals surface area (Å²) in [7, 11) is 1.68. The maximum Gasteiger partial charge on any atom is 0.267 e. The Morgan fingerprint density at radius 1 is 1.26 bits per heavy atom. The van der Waals surface area contributed by atoms with Gasteiger partial charge in [-0.15, -0.1) is 0 Å². The van der Waals surface area contributed by atoms with Gasteiger partial charge in [-0.3, -0.25) is 4.79 Å². The average Bonchev–Trinajstić information content (AvgIpc) is 2.56. The summed E-state index contributed by atoms with van der Waals surface area (Å²) in [5.74, 6) is 0.356. The van der Waals surface area contributed by atoms with Crippen LogP contribution in [0.2, 0.25) is 5.02 Å². The van der Waals surface area contributed by atoms with E-state index in [0.717, 1.165) is 5.56 Å². The Morgan fingerprint density at radius 3 is 2.48 bits per heavy atom. The fourth-order valence-corrected chi connectivity index (χ4v) is 2.23. The van der Waals surface area contributed by atoms with Crippen molar-refractivity contribution in [3.63, 3.8) is 0 Å². The van der Waals surface area contributed by atoms with Crippen LogP contribution in [0, 0.1) is 18.3 Å². The Labute approximate surface area is 140 Å². The molecule has 1 atom stereocenters. The van der Waals surface area contributed by atoms with E-state index in [1.807, 2.05) is 25.1 Å². The van der Waals surface area contributed by atoms with E-state index in [1.54, 1.807) is 44.3 Å². The van der Waals surface area contributed by atoms with Crippen LogP contribution in [0.25, 0.3) is 0 Å². The predicted octanol–water partition coefficient (Wildman–Crippen LogP) is 3.95. The van der Waals surface area contributed by atoms with Gasteiger partial charge in [0.1, 0.15) is 5.75 Å². The van der Waals surface area contributed by atoms with E-state index in [1.165, 1.54) is 4.90 Å². The van der Waals surface area contributed by atoms with Crippen molar-refractivity contribution in [1.82, 2.24) is 0 Å². The van der Waals surface area contributed by atoms with E-state index in [-0.39, 0.29) is 5.91 Å². The van der Waals surface area contributed by atoms with Crippen molar-refractivity contribution < 1.29 is 9.53 Å². The van der Waals surface area contributed by atoms with E-state index in [4.69, 9.17) is 21.6 Å². The highest BCUT2D eigenvalue weighted by atomic mass is 35.5. The lowest BCUT2D eigenvalue weighted by Gasteiger charge is -2.22. The fourth-order valence-electron chi connectivity index (χ4n) is 2.05. The normalized spacial score (nSPS) is 11.4. The van der Waals surface area contributed by atoms with Gasteiger partial charge in [0.15, 0.2) is 6.10 Å². The molecule has 0 aliphatic rings. The number of hydrogen-bond donors (Lipinski definition) is 0. The number of ether oxygens (including phenoxy) is 1. The summed E-state index contributed by atoms with van der Waals surface area (Å²) in [5.41, 5.74) is 2.21. The van der Waals surface area contributed by atoms with Crippen LogP contribution in [0.4, 0.5) is 5.69 Å². The van der Waals surface area contributed by atoms with Crippen LogP contribution in [0.1, 0.15) is 18.1 Å². The minimum atomic E-state index is -0.659. The number of rotatable bonds is 4. The number of likely N-dealkylation sites (N-methyl/N-ethyl adjacent to an activating group) is 1. The molecule has 5 heteroatoms. The molecule has 0 saturated heterocycles. The van der Waals surface area contributed by atoms with Crippen molar-refractivity contribution in [2.75, 3.05) is 11.9 Å². The lowest BCUT2D eigenvalue weighted by atomic mass is 10.2. The number of amides is 1. The highest BCUT2D eigenvalue weighted by Gasteiger charge is 2.20. The molecule has 1 amide bonds. The Bertz CT molecular complexity index is 751. The van der Waals surface area contributed by atoms with Crippen LogP contribution in [-0.4, -0.2) is 19.1 Å². The summed E-state index contributed by atoms with van der Waals surface area (Å²) >= 11 is 6.10. The molecule has 23 heavy (non-hydrogen) atoms. The summed E-state index contributed by atoms with van der Waals surface area (Å²) in [6.45, 7) is 3.59. The Kier molecular flexibility index (Phi) is 5.25. The first-order chi connectivity index (χ1) is 10.9. The van der Waals surface area contributed by atoms with Crippen molar-refractivity contribution in [1.29, 1.82) is 5.26 Å². The number of benzene rings is 2. The summed E-state index contributed by atoms with van der Waals surface area (Å²) in [6, 6.07) is 14.1. The number of aryl methyl sites for hydroxylation is 1. The first-order valence-corrected chi connectivity index (χ1v) is 7.50. The topological polar surface area (TPSA) is 53.3 Å². The molecule has 1 unspecified atom stereocenters. The maximum absolute atomic E-state index is 12.5. The lowest BCUT2D eigenvalue weighted by Crippen LogP contribution is -2.38. The molecule has 2 aromatic carbocycles. The van der Waals surface area contributed by atoms with Gasteiger partial charge in [0, 0.05) is 17.8 Å². The van der Waals surface area contributed by atoms with Gasteiger partial charge in [0.25, 0.3) is 5.91 Å². The van der Waals surface area contributed by atoms with E-state index in [0.29, 0.717) is 22.0 Å². The molecule has 0 saturated carbocycles. The van der Waals surface area contributed by atoms with Gasteiger partial charge in [-0.25, -0.2) is 0 Å². The Hall–Kier alpha value is -2.51. The third-order valence-electron chi connectivity index (χ3n) is 3.52. The number of carbonyl (C=O) groups is 1. The third-order valence-corrected chi connectivity index (χ3v) is 3.92. The highest BCUT2D eigenvalue weighted by Crippen LogP contribution is 2.23. The van der Waals surface area contributed by atoms with Gasteiger partial charge in [-0.2, -0.15) is 5.26 Å². The zero-order valence-corrected chi connectivity index (χ0v) is 14.0. The van der Waals surface area contributed by atoms with Gasteiger partial charge >= 0.3 is 0 Å². The maximum atomic E-state index is 12.5. The fraction of sp³-hybridized carbons (Fsp3) is 0.222. The molecule has 4 nitrogen and oxygen atoms in total. The van der Waals surface area contributed by atoms with Crippen molar-refractivity contribution >= 4 is 23.2 Å². The summed E-state index contributed by atoms with van der Waals surface area (Å²) in [4.78, 5) is 14.0. The van der Waals surface area contributed by atoms with Crippen molar-refractivity contribution in [2.45, 2.75) is 20.0 Å². The van der Waals surface area contributed by atoms with Gasteiger partial charge in [-0.05, 0) is 55.8 Å². The molecule has 0 aromatic heterocycles. The molecule has 2 rings (SSSR count). The number of nitrogens with zero attached hydrogens (tertiary/aromatic N) is 2. The van der Waals surface area contributed by atoms with Crippen LogP contribution in [0.15, 0.2) is 42.5 Å². The molecule has 0 aliphatic heterocycles. The predicted molar refractivity (Wildman–Crippen MR) is 90.8 cm³/mol. The first-order valence-electron chi connectivity index (χ1n) is 7.13. The van der Waals surface area contributed by atoms with Crippen LogP contribution in [-0.2, 0) is 4.79 Å². The molecule has 0 radical (unpaired) electrons. The summed E-state index contributed by atoms with van der Waals surface area (Å²) in [5, 5.41) is 9.39. The molecular weight excluding hydrogens is 312 g/mol. The van der Waals surface area contributed by atoms with Crippen LogP contribution >= 0.6 is 11.6 Å². The average molecular weight is 329 g/mol. The largest absolute Gasteiger partial charge is 0.481 e. The minimum absolute atomic E-state index is 0.186. The molecule has 0 spiro atoms. The second kappa shape index (κ2) is 7.17. The van der Waals surface area contributed by atoms with E-state index in [2.05, 4.69) is 0 Å². The molecular formula is C18H17ClN2O2. The molecule has 0 heterocycles. The Morgan fingerprint density at radius 2 is 1.91 bits per heavy atom. The molecule has 0 fully saturated rings. The molecule has 118 valence electrons. The molecule has 0 bridgehead atoms. The smallest absolute Gasteiger partial charge is 0.267 e. The number of nitriles is 1. The standard InChI is InChI=1S/C18H17ClN2O2/c1-12-4-7-15(10-17(12)19)21(3)18(22)13(2)23-16-8-5-14(11-20)6-9-16/h4-10,13H,1-3H3. The van der Waals surface area contributed by atoms with Crippen LogP contribution in [0.3, 0.4) is 0 Å². The number of halogens is 1.